The molecular formula is C24H28N6O2. The molecule has 3 aliphatic heterocycles. The van der Waals surface area contributed by atoms with Crippen LogP contribution in [-0.2, 0) is 4.79 Å². The van der Waals surface area contributed by atoms with Gasteiger partial charge in [-0.15, -0.1) is 0 Å². The SMILES string of the molecule is O=C1N2CCN=C2c2cnn(-c3ccccc3)c2N1CC(=O)N1CCC[C@H]2CCCC[C@H]21. The molecule has 1 aromatic heterocycles. The molecule has 2 aromatic rings. The van der Waals surface area contributed by atoms with Gasteiger partial charge in [0.1, 0.15) is 12.4 Å². The number of carbonyl (C=O) groups is 2. The second kappa shape index (κ2) is 7.76. The molecule has 0 bridgehead atoms. The third kappa shape index (κ3) is 3.04. The number of urea groups is 1. The first-order valence-electron chi connectivity index (χ1n) is 11.8. The summed E-state index contributed by atoms with van der Waals surface area (Å²) in [5.41, 5.74) is 1.67. The number of carbonyl (C=O) groups excluding carboxylic acids is 2. The highest BCUT2D eigenvalue weighted by Crippen LogP contribution is 2.37. The fourth-order valence-corrected chi connectivity index (χ4v) is 5.92. The van der Waals surface area contributed by atoms with Crippen LogP contribution in [0.2, 0.25) is 0 Å². The Morgan fingerprint density at radius 3 is 2.72 bits per heavy atom. The molecule has 1 aliphatic carbocycles. The number of piperidine rings is 1. The first kappa shape index (κ1) is 19.5. The molecule has 6 rings (SSSR count). The maximum absolute atomic E-state index is 13.6. The molecule has 8 heteroatoms. The third-order valence-electron chi connectivity index (χ3n) is 7.40. The predicted molar refractivity (Wildman–Crippen MR) is 121 cm³/mol. The minimum Gasteiger partial charge on any atom is -0.338 e. The van der Waals surface area contributed by atoms with Gasteiger partial charge in [-0.25, -0.2) is 9.48 Å². The maximum atomic E-state index is 13.6. The fourth-order valence-electron chi connectivity index (χ4n) is 5.92. The lowest BCUT2D eigenvalue weighted by molar-refractivity contribution is -0.135. The molecular weight excluding hydrogens is 404 g/mol. The molecule has 0 spiro atoms. The van der Waals surface area contributed by atoms with Crippen molar-refractivity contribution in [1.29, 1.82) is 0 Å². The molecule has 4 aliphatic rings. The summed E-state index contributed by atoms with van der Waals surface area (Å²) in [5.74, 6) is 1.97. The van der Waals surface area contributed by atoms with Crippen LogP contribution in [0.1, 0.15) is 44.1 Å². The van der Waals surface area contributed by atoms with Crippen LogP contribution in [0.4, 0.5) is 10.6 Å². The van der Waals surface area contributed by atoms with Gasteiger partial charge in [0.2, 0.25) is 5.91 Å². The highest BCUT2D eigenvalue weighted by atomic mass is 16.2. The van der Waals surface area contributed by atoms with Crippen LogP contribution in [-0.4, -0.2) is 69.6 Å². The quantitative estimate of drug-likeness (QED) is 0.748. The van der Waals surface area contributed by atoms with Gasteiger partial charge in [0.15, 0.2) is 5.82 Å². The third-order valence-corrected chi connectivity index (χ3v) is 7.40. The highest BCUT2D eigenvalue weighted by molar-refractivity contribution is 6.20. The van der Waals surface area contributed by atoms with E-state index in [9.17, 15) is 9.59 Å². The summed E-state index contributed by atoms with van der Waals surface area (Å²) in [6.45, 7) is 1.96. The Kier molecular flexibility index (Phi) is 4.73. The van der Waals surface area contributed by atoms with Gasteiger partial charge in [-0.2, -0.15) is 5.10 Å². The number of anilines is 1. The Balaban J connectivity index is 1.36. The number of aromatic nitrogens is 2. The minimum absolute atomic E-state index is 0.0390. The second-order valence-electron chi connectivity index (χ2n) is 9.20. The zero-order chi connectivity index (χ0) is 21.7. The number of amides is 3. The largest absolute Gasteiger partial charge is 0.338 e. The number of aliphatic imine (C=N–C) groups is 1. The zero-order valence-electron chi connectivity index (χ0n) is 18.2. The smallest absolute Gasteiger partial charge is 0.331 e. The first-order valence-corrected chi connectivity index (χ1v) is 11.8. The van der Waals surface area contributed by atoms with E-state index >= 15 is 0 Å². The van der Waals surface area contributed by atoms with Crippen LogP contribution in [0.3, 0.4) is 0 Å². The van der Waals surface area contributed by atoms with Crippen molar-refractivity contribution in [2.45, 2.75) is 44.6 Å². The highest BCUT2D eigenvalue weighted by Gasteiger charge is 2.43. The van der Waals surface area contributed by atoms with Crippen molar-refractivity contribution >= 4 is 23.6 Å². The van der Waals surface area contributed by atoms with E-state index in [1.54, 1.807) is 20.7 Å². The molecule has 1 aromatic carbocycles. The Labute approximate surface area is 187 Å². The second-order valence-corrected chi connectivity index (χ2v) is 9.20. The molecule has 166 valence electrons. The van der Waals surface area contributed by atoms with Crippen molar-refractivity contribution in [3.8, 4) is 5.69 Å². The Morgan fingerprint density at radius 1 is 1.03 bits per heavy atom. The van der Waals surface area contributed by atoms with Gasteiger partial charge in [0, 0.05) is 19.1 Å². The number of nitrogens with zero attached hydrogens (tertiary/aromatic N) is 6. The van der Waals surface area contributed by atoms with Gasteiger partial charge in [-0.3, -0.25) is 19.6 Å². The first-order chi connectivity index (χ1) is 15.7. The molecule has 2 atom stereocenters. The van der Waals surface area contributed by atoms with E-state index in [0.29, 0.717) is 36.7 Å². The average molecular weight is 433 g/mol. The van der Waals surface area contributed by atoms with Crippen LogP contribution in [0.15, 0.2) is 41.5 Å². The summed E-state index contributed by atoms with van der Waals surface area (Å²) in [5, 5.41) is 4.59. The number of fused-ring (bicyclic) bond motifs is 4. The summed E-state index contributed by atoms with van der Waals surface area (Å²) in [6.07, 6.45) is 8.79. The average Bonchev–Trinajstić information content (AvgIpc) is 3.49. The van der Waals surface area contributed by atoms with Gasteiger partial charge in [-0.05, 0) is 43.7 Å². The van der Waals surface area contributed by atoms with E-state index < -0.39 is 0 Å². The summed E-state index contributed by atoms with van der Waals surface area (Å²) in [7, 11) is 0. The Hall–Kier alpha value is -3.16. The maximum Gasteiger partial charge on any atom is 0.331 e. The summed E-state index contributed by atoms with van der Waals surface area (Å²) in [6, 6.07) is 9.89. The van der Waals surface area contributed by atoms with Crippen molar-refractivity contribution in [1.82, 2.24) is 19.6 Å². The molecule has 0 unspecified atom stereocenters. The lowest BCUT2D eigenvalue weighted by Gasteiger charge is -2.45. The van der Waals surface area contributed by atoms with Crippen molar-refractivity contribution in [2.75, 3.05) is 31.1 Å². The van der Waals surface area contributed by atoms with E-state index in [1.807, 2.05) is 30.3 Å². The van der Waals surface area contributed by atoms with E-state index in [4.69, 9.17) is 0 Å². The number of para-hydroxylation sites is 1. The standard InChI is InChI=1S/C24H28N6O2/c31-21(27-13-6-8-17-7-4-5-11-20(17)27)16-29-23-19(22-25-12-14-28(22)24(29)32)15-26-30(23)18-9-2-1-3-10-18/h1-3,9-10,15,17,20H,4-8,11-14,16H2/t17-,20-/m1/s1. The topological polar surface area (TPSA) is 74.0 Å². The Bertz CT molecular complexity index is 1080. The van der Waals surface area contributed by atoms with Crippen molar-refractivity contribution in [2.24, 2.45) is 10.9 Å². The zero-order valence-corrected chi connectivity index (χ0v) is 18.2. The molecule has 32 heavy (non-hydrogen) atoms. The van der Waals surface area contributed by atoms with E-state index in [-0.39, 0.29) is 18.5 Å². The van der Waals surface area contributed by atoms with Gasteiger partial charge < -0.3 is 4.90 Å². The predicted octanol–water partition coefficient (Wildman–Crippen LogP) is 3.06. The molecule has 0 N–H and O–H groups in total. The van der Waals surface area contributed by atoms with Gasteiger partial charge >= 0.3 is 6.03 Å². The molecule has 4 heterocycles. The Morgan fingerprint density at radius 2 is 1.84 bits per heavy atom. The van der Waals surface area contributed by atoms with Crippen LogP contribution in [0.25, 0.3) is 5.69 Å². The van der Waals surface area contributed by atoms with E-state index in [1.165, 1.54) is 25.7 Å². The lowest BCUT2D eigenvalue weighted by atomic mass is 9.78. The van der Waals surface area contributed by atoms with Crippen LogP contribution < -0.4 is 4.90 Å². The van der Waals surface area contributed by atoms with E-state index in [2.05, 4.69) is 15.0 Å². The monoisotopic (exact) mass is 432 g/mol. The number of hydrogen-bond acceptors (Lipinski definition) is 4. The van der Waals surface area contributed by atoms with Gasteiger partial charge in [0.25, 0.3) is 0 Å². The van der Waals surface area contributed by atoms with Crippen LogP contribution in [0.5, 0.6) is 0 Å². The summed E-state index contributed by atoms with van der Waals surface area (Å²) in [4.78, 5) is 37.0. The number of rotatable bonds is 3. The number of hydrogen-bond donors (Lipinski definition) is 0. The molecule has 0 radical (unpaired) electrons. The van der Waals surface area contributed by atoms with Gasteiger partial charge in [-0.1, -0.05) is 31.0 Å². The van der Waals surface area contributed by atoms with Gasteiger partial charge in [0.05, 0.1) is 24.0 Å². The fraction of sp³-hybridized carbons (Fsp3) is 0.500. The van der Waals surface area contributed by atoms with Crippen molar-refractivity contribution < 1.29 is 9.59 Å². The lowest BCUT2D eigenvalue weighted by Crippen LogP contribution is -2.56. The van der Waals surface area contributed by atoms with Crippen LogP contribution >= 0.6 is 0 Å². The number of likely N-dealkylation sites (tertiary alicyclic amines) is 1. The van der Waals surface area contributed by atoms with Crippen molar-refractivity contribution in [3.05, 3.63) is 42.1 Å². The number of benzene rings is 1. The molecule has 1 saturated carbocycles. The summed E-state index contributed by atoms with van der Waals surface area (Å²) >= 11 is 0. The molecule has 3 amide bonds. The normalized spacial score (nSPS) is 24.7. The molecule has 2 fully saturated rings. The molecule has 8 nitrogen and oxygen atoms in total. The van der Waals surface area contributed by atoms with E-state index in [0.717, 1.165) is 30.6 Å². The van der Waals surface area contributed by atoms with Crippen LogP contribution in [0, 0.1) is 5.92 Å². The van der Waals surface area contributed by atoms with Crippen molar-refractivity contribution in [3.63, 3.8) is 0 Å². The molecule has 1 saturated heterocycles. The minimum atomic E-state index is -0.183. The number of amidine groups is 1. The summed E-state index contributed by atoms with van der Waals surface area (Å²) < 4.78 is 1.76.